The van der Waals surface area contributed by atoms with Gasteiger partial charge in [0.25, 0.3) is 0 Å². The third-order valence-electron chi connectivity index (χ3n) is 7.48. The van der Waals surface area contributed by atoms with Crippen LogP contribution in [0, 0.1) is 0 Å². The van der Waals surface area contributed by atoms with Crippen molar-refractivity contribution in [3.63, 3.8) is 0 Å². The van der Waals surface area contributed by atoms with Crippen LogP contribution in [0.1, 0.15) is 94.1 Å². The van der Waals surface area contributed by atoms with Gasteiger partial charge in [-0.2, -0.15) is 0 Å². The monoisotopic (exact) mass is 426 g/mol. The minimum absolute atomic E-state index is 0.428. The smallest absolute Gasteiger partial charge is 0.138 e. The third kappa shape index (κ3) is 3.72. The maximum Gasteiger partial charge on any atom is 0.138 e. The van der Waals surface area contributed by atoms with Crippen LogP contribution < -0.4 is 0 Å². The van der Waals surface area contributed by atoms with Crippen molar-refractivity contribution in [2.24, 2.45) is 0 Å². The number of furan rings is 1. The van der Waals surface area contributed by atoms with Crippen molar-refractivity contribution in [3.8, 4) is 0 Å². The number of rotatable bonds is 2. The topological polar surface area (TPSA) is 38.9 Å². The number of hydrogen-bond acceptors (Lipinski definition) is 3. The molecule has 0 bridgehead atoms. The fourth-order valence-corrected chi connectivity index (χ4v) is 5.54. The van der Waals surface area contributed by atoms with E-state index >= 15 is 0 Å². The molecule has 0 saturated heterocycles. The highest BCUT2D eigenvalue weighted by Crippen LogP contribution is 2.50. The van der Waals surface area contributed by atoms with E-state index in [1.54, 1.807) is 5.56 Å². The molecule has 1 aromatic carbocycles. The van der Waals surface area contributed by atoms with Gasteiger partial charge in [0.2, 0.25) is 0 Å². The minimum Gasteiger partial charge on any atom is -0.456 e. The van der Waals surface area contributed by atoms with Gasteiger partial charge in [-0.1, -0.05) is 58.7 Å². The molecule has 1 spiro atoms. The predicted octanol–water partition coefficient (Wildman–Crippen LogP) is 8.07. The molecular weight excluding hydrogens is 392 g/mol. The Labute approximate surface area is 191 Å². The van der Waals surface area contributed by atoms with Gasteiger partial charge in [0.1, 0.15) is 11.2 Å². The van der Waals surface area contributed by atoms with Gasteiger partial charge in [-0.05, 0) is 66.2 Å². The molecule has 0 unspecified atom stereocenters. The summed E-state index contributed by atoms with van der Waals surface area (Å²) in [6.07, 6.45) is 12.4. The van der Waals surface area contributed by atoms with E-state index in [4.69, 9.17) is 4.42 Å². The summed E-state index contributed by atoms with van der Waals surface area (Å²) in [5.74, 6) is 0.988. The van der Waals surface area contributed by atoms with Gasteiger partial charge in [-0.3, -0.25) is 9.97 Å². The van der Waals surface area contributed by atoms with Crippen molar-refractivity contribution in [1.29, 1.82) is 0 Å². The zero-order chi connectivity index (χ0) is 22.3. The molecule has 0 aliphatic heterocycles. The number of para-hydroxylation sites is 1. The molecule has 4 aromatic rings. The van der Waals surface area contributed by atoms with E-state index in [0.29, 0.717) is 17.3 Å². The van der Waals surface area contributed by atoms with Crippen LogP contribution in [-0.4, -0.2) is 9.97 Å². The first-order valence-electron chi connectivity index (χ1n) is 12.2. The number of fused-ring (bicyclic) bond motifs is 5. The van der Waals surface area contributed by atoms with Crippen molar-refractivity contribution >= 4 is 21.9 Å². The Morgan fingerprint density at radius 3 is 2.22 bits per heavy atom. The zero-order valence-electron chi connectivity index (χ0n) is 19.8. The van der Waals surface area contributed by atoms with Gasteiger partial charge in [-0.25, -0.2) is 0 Å². The number of nitrogens with zero attached hydrogens (tertiary/aromatic N) is 2. The van der Waals surface area contributed by atoms with Crippen molar-refractivity contribution in [2.45, 2.75) is 83.5 Å². The normalized spacial score (nSPS) is 16.8. The lowest BCUT2D eigenvalue weighted by Crippen LogP contribution is -2.18. The Morgan fingerprint density at radius 1 is 0.781 bits per heavy atom. The SMILES string of the molecule is CC(C)c1cc2c(cn1)CCC21CCCC1.CC(C)c1cc2oc3ccccc3c2cn1. The van der Waals surface area contributed by atoms with Gasteiger partial charge in [0.15, 0.2) is 0 Å². The lowest BCUT2D eigenvalue weighted by molar-refractivity contribution is 0.438. The summed E-state index contributed by atoms with van der Waals surface area (Å²) in [6, 6.07) is 12.5. The first-order valence-corrected chi connectivity index (χ1v) is 12.2. The number of aryl methyl sites for hydroxylation is 1. The predicted molar refractivity (Wildman–Crippen MR) is 132 cm³/mol. The van der Waals surface area contributed by atoms with Crippen molar-refractivity contribution < 1.29 is 4.42 Å². The number of aromatic nitrogens is 2. The van der Waals surface area contributed by atoms with Gasteiger partial charge in [0.05, 0.1) is 0 Å². The lowest BCUT2D eigenvalue weighted by atomic mass is 9.80. The quantitative estimate of drug-likeness (QED) is 0.325. The summed E-state index contributed by atoms with van der Waals surface area (Å²) in [6.45, 7) is 8.75. The Kier molecular flexibility index (Phi) is 5.53. The molecule has 1 saturated carbocycles. The molecule has 0 N–H and O–H groups in total. The highest BCUT2D eigenvalue weighted by atomic mass is 16.3. The Balaban J connectivity index is 0.000000135. The summed E-state index contributed by atoms with van der Waals surface area (Å²) in [5.41, 5.74) is 7.97. The summed E-state index contributed by atoms with van der Waals surface area (Å²) < 4.78 is 5.80. The highest BCUT2D eigenvalue weighted by molar-refractivity contribution is 6.04. The van der Waals surface area contributed by atoms with Crippen LogP contribution in [0.4, 0.5) is 0 Å². The van der Waals surface area contributed by atoms with Crippen molar-refractivity contribution in [1.82, 2.24) is 9.97 Å². The summed E-state index contributed by atoms with van der Waals surface area (Å²) in [5, 5.41) is 2.24. The second-order valence-corrected chi connectivity index (χ2v) is 10.3. The number of pyridine rings is 2. The van der Waals surface area contributed by atoms with E-state index in [0.717, 1.165) is 27.6 Å². The van der Waals surface area contributed by atoms with Crippen LogP contribution in [-0.2, 0) is 11.8 Å². The molecular formula is C29H34N2O. The molecule has 3 nitrogen and oxygen atoms in total. The molecule has 3 heteroatoms. The molecule has 2 aliphatic rings. The van der Waals surface area contributed by atoms with Crippen LogP contribution in [0.15, 0.2) is 53.2 Å². The average Bonchev–Trinajstić information content (AvgIpc) is 3.51. The average molecular weight is 427 g/mol. The Bertz CT molecular complexity index is 1240. The molecule has 0 amide bonds. The van der Waals surface area contributed by atoms with Crippen LogP contribution >= 0.6 is 0 Å². The maximum absolute atomic E-state index is 5.80. The second-order valence-electron chi connectivity index (χ2n) is 10.3. The highest BCUT2D eigenvalue weighted by Gasteiger charge is 2.41. The van der Waals surface area contributed by atoms with Crippen molar-refractivity contribution in [2.75, 3.05) is 0 Å². The summed E-state index contributed by atoms with van der Waals surface area (Å²) >= 11 is 0. The molecule has 1 fully saturated rings. The summed E-state index contributed by atoms with van der Waals surface area (Å²) in [4.78, 5) is 9.07. The maximum atomic E-state index is 5.80. The Hall–Kier alpha value is -2.68. The number of benzene rings is 1. The van der Waals surface area contributed by atoms with E-state index in [2.05, 4.69) is 56.0 Å². The molecule has 166 valence electrons. The first-order chi connectivity index (χ1) is 15.5. The fraction of sp³-hybridized carbons (Fsp3) is 0.448. The van der Waals surface area contributed by atoms with Crippen LogP contribution in [0.2, 0.25) is 0 Å². The molecule has 6 rings (SSSR count). The largest absolute Gasteiger partial charge is 0.456 e. The zero-order valence-corrected chi connectivity index (χ0v) is 19.8. The van der Waals surface area contributed by atoms with Crippen LogP contribution in [0.5, 0.6) is 0 Å². The van der Waals surface area contributed by atoms with E-state index in [1.165, 1.54) is 49.8 Å². The minimum atomic E-state index is 0.428. The third-order valence-corrected chi connectivity index (χ3v) is 7.48. The molecule has 0 radical (unpaired) electrons. The molecule has 2 aliphatic carbocycles. The van der Waals surface area contributed by atoms with Gasteiger partial charge in [0, 0.05) is 40.6 Å². The first kappa shape index (κ1) is 21.2. The van der Waals surface area contributed by atoms with Crippen molar-refractivity contribution in [3.05, 3.63) is 71.3 Å². The molecule has 0 atom stereocenters. The van der Waals surface area contributed by atoms with Gasteiger partial charge in [-0.15, -0.1) is 0 Å². The fourth-order valence-electron chi connectivity index (χ4n) is 5.54. The van der Waals surface area contributed by atoms with Crippen LogP contribution in [0.25, 0.3) is 21.9 Å². The summed E-state index contributed by atoms with van der Waals surface area (Å²) in [7, 11) is 0. The van der Waals surface area contributed by atoms with Crippen LogP contribution in [0.3, 0.4) is 0 Å². The van der Waals surface area contributed by atoms with E-state index < -0.39 is 0 Å². The molecule has 3 heterocycles. The van der Waals surface area contributed by atoms with Gasteiger partial charge < -0.3 is 4.42 Å². The van der Waals surface area contributed by atoms with Gasteiger partial charge >= 0.3 is 0 Å². The number of hydrogen-bond donors (Lipinski definition) is 0. The van der Waals surface area contributed by atoms with E-state index in [1.807, 2.05) is 30.5 Å². The molecule has 3 aromatic heterocycles. The van der Waals surface area contributed by atoms with E-state index in [-0.39, 0.29) is 0 Å². The standard InChI is InChI=1S/C15H21N.C14H13NO/c1-11(2)14-9-13-12(10-16-14)5-8-15(13)6-3-4-7-15;1-9(2)12-7-14-11(8-15-12)10-5-3-4-6-13(10)16-14/h9-11H,3-8H2,1-2H3;3-9H,1-2H3. The van der Waals surface area contributed by atoms with E-state index in [9.17, 15) is 0 Å². The Morgan fingerprint density at radius 2 is 1.47 bits per heavy atom. The lowest BCUT2D eigenvalue weighted by Gasteiger charge is -2.24. The molecule has 32 heavy (non-hydrogen) atoms. The second kappa shape index (κ2) is 8.35.